The third-order valence-electron chi connectivity index (χ3n) is 4.21. The van der Waals surface area contributed by atoms with E-state index in [2.05, 4.69) is 42.5 Å². The van der Waals surface area contributed by atoms with Gasteiger partial charge in [-0.05, 0) is 53.5 Å². The summed E-state index contributed by atoms with van der Waals surface area (Å²) in [6.45, 7) is 0. The van der Waals surface area contributed by atoms with Crippen LogP contribution in [-0.2, 0) is 17.6 Å². The van der Waals surface area contributed by atoms with Crippen LogP contribution in [0.4, 0.5) is 0 Å². The Hall–Kier alpha value is -2.09. The lowest BCUT2D eigenvalue weighted by atomic mass is 10.00. The normalized spacial score (nSPS) is 12.0. The molecule has 0 aromatic heterocycles. The molecule has 108 valence electrons. The highest BCUT2D eigenvalue weighted by atomic mass is 16.4. The molecule has 0 fully saturated rings. The number of unbranched alkanes of at least 4 members (excludes halogenated alkanes) is 2. The first-order valence-corrected chi connectivity index (χ1v) is 7.66. The molecule has 2 heteroatoms. The second-order valence-electron chi connectivity index (χ2n) is 5.78. The fourth-order valence-corrected chi connectivity index (χ4v) is 3.14. The van der Waals surface area contributed by atoms with Crippen LogP contribution < -0.4 is 0 Å². The van der Waals surface area contributed by atoms with Gasteiger partial charge in [-0.3, -0.25) is 4.79 Å². The molecule has 2 aromatic carbocycles. The van der Waals surface area contributed by atoms with Gasteiger partial charge in [-0.15, -0.1) is 0 Å². The quantitative estimate of drug-likeness (QED) is 0.677. The van der Waals surface area contributed by atoms with E-state index in [-0.39, 0.29) is 0 Å². The maximum absolute atomic E-state index is 10.5. The Morgan fingerprint density at radius 1 is 0.952 bits per heavy atom. The van der Waals surface area contributed by atoms with E-state index in [9.17, 15) is 4.79 Å². The molecular weight excluding hydrogens is 260 g/mol. The number of carbonyl (C=O) groups is 1. The van der Waals surface area contributed by atoms with Crippen LogP contribution in [0.2, 0.25) is 0 Å². The van der Waals surface area contributed by atoms with Crippen molar-refractivity contribution in [3.05, 3.63) is 59.2 Å². The number of hydrogen-bond acceptors (Lipinski definition) is 1. The predicted octanol–water partition coefficient (Wildman–Crippen LogP) is 4.45. The van der Waals surface area contributed by atoms with Gasteiger partial charge >= 0.3 is 5.97 Å². The zero-order valence-corrected chi connectivity index (χ0v) is 12.1. The lowest BCUT2D eigenvalue weighted by Crippen LogP contribution is -1.94. The molecule has 0 unspecified atom stereocenters. The van der Waals surface area contributed by atoms with Crippen molar-refractivity contribution in [1.82, 2.24) is 0 Å². The standard InChI is InChI=1S/C19H20O2/c20-19(21)9-3-1-2-6-14-10-11-18-16(12-14)13-15-7-4-5-8-17(15)18/h4-5,7-8,10-12H,1-3,6,9,13H2,(H,20,21). The highest BCUT2D eigenvalue weighted by Gasteiger charge is 2.17. The molecule has 0 aliphatic heterocycles. The largest absolute Gasteiger partial charge is 0.481 e. The average Bonchev–Trinajstić information content (AvgIpc) is 2.84. The van der Waals surface area contributed by atoms with E-state index < -0.39 is 5.97 Å². The fourth-order valence-electron chi connectivity index (χ4n) is 3.14. The van der Waals surface area contributed by atoms with Gasteiger partial charge in [0.15, 0.2) is 0 Å². The summed E-state index contributed by atoms with van der Waals surface area (Å²) in [5.74, 6) is -0.690. The third-order valence-corrected chi connectivity index (χ3v) is 4.21. The van der Waals surface area contributed by atoms with E-state index in [1.54, 1.807) is 0 Å². The summed E-state index contributed by atoms with van der Waals surface area (Å²) < 4.78 is 0. The van der Waals surface area contributed by atoms with Gasteiger partial charge in [0.2, 0.25) is 0 Å². The number of carboxylic acids is 1. The van der Waals surface area contributed by atoms with Crippen molar-refractivity contribution in [2.24, 2.45) is 0 Å². The molecule has 0 heterocycles. The van der Waals surface area contributed by atoms with Gasteiger partial charge in [0.1, 0.15) is 0 Å². The molecule has 0 saturated heterocycles. The Labute approximate surface area is 125 Å². The van der Waals surface area contributed by atoms with Gasteiger partial charge in [-0.25, -0.2) is 0 Å². The van der Waals surface area contributed by atoms with E-state index in [4.69, 9.17) is 5.11 Å². The van der Waals surface area contributed by atoms with E-state index in [0.29, 0.717) is 6.42 Å². The Balaban J connectivity index is 1.60. The van der Waals surface area contributed by atoms with Crippen molar-refractivity contribution < 1.29 is 9.90 Å². The number of aliphatic carboxylic acids is 1. The number of carboxylic acid groups (broad SMARTS) is 1. The summed E-state index contributed by atoms with van der Waals surface area (Å²) in [5, 5.41) is 8.62. The smallest absolute Gasteiger partial charge is 0.303 e. The van der Waals surface area contributed by atoms with Crippen LogP contribution in [-0.4, -0.2) is 11.1 Å². The van der Waals surface area contributed by atoms with Gasteiger partial charge in [-0.1, -0.05) is 48.9 Å². The number of benzene rings is 2. The molecule has 1 N–H and O–H groups in total. The summed E-state index contributed by atoms with van der Waals surface area (Å²) in [4.78, 5) is 10.5. The Morgan fingerprint density at radius 3 is 2.62 bits per heavy atom. The zero-order chi connectivity index (χ0) is 14.7. The summed E-state index contributed by atoms with van der Waals surface area (Å²) >= 11 is 0. The van der Waals surface area contributed by atoms with Crippen molar-refractivity contribution >= 4 is 5.97 Å². The first-order chi connectivity index (χ1) is 10.2. The van der Waals surface area contributed by atoms with Gasteiger partial charge in [0.25, 0.3) is 0 Å². The second-order valence-corrected chi connectivity index (χ2v) is 5.78. The van der Waals surface area contributed by atoms with Crippen LogP contribution in [0.5, 0.6) is 0 Å². The van der Waals surface area contributed by atoms with Crippen molar-refractivity contribution in [3.8, 4) is 11.1 Å². The average molecular weight is 280 g/mol. The van der Waals surface area contributed by atoms with Crippen molar-refractivity contribution in [1.29, 1.82) is 0 Å². The zero-order valence-electron chi connectivity index (χ0n) is 12.1. The van der Waals surface area contributed by atoms with Crippen LogP contribution in [0, 0.1) is 0 Å². The van der Waals surface area contributed by atoms with Crippen molar-refractivity contribution in [2.75, 3.05) is 0 Å². The molecule has 2 aromatic rings. The SMILES string of the molecule is O=C(O)CCCCCc1ccc2c(c1)Cc1ccccc1-2. The molecule has 0 radical (unpaired) electrons. The number of rotatable bonds is 6. The summed E-state index contributed by atoms with van der Waals surface area (Å²) in [7, 11) is 0. The van der Waals surface area contributed by atoms with Gasteiger partial charge < -0.3 is 5.11 Å². The molecule has 0 amide bonds. The Bertz CT molecular complexity index is 658. The van der Waals surface area contributed by atoms with E-state index in [1.165, 1.54) is 27.8 Å². The van der Waals surface area contributed by atoms with Crippen LogP contribution >= 0.6 is 0 Å². The molecule has 0 spiro atoms. The van der Waals surface area contributed by atoms with Crippen LogP contribution in [0.25, 0.3) is 11.1 Å². The molecule has 21 heavy (non-hydrogen) atoms. The lowest BCUT2D eigenvalue weighted by Gasteiger charge is -2.05. The minimum atomic E-state index is -0.690. The summed E-state index contributed by atoms with van der Waals surface area (Å²) in [6.07, 6.45) is 5.22. The van der Waals surface area contributed by atoms with Crippen molar-refractivity contribution in [2.45, 2.75) is 38.5 Å². The molecule has 1 aliphatic rings. The highest BCUT2D eigenvalue weighted by Crippen LogP contribution is 2.36. The fraction of sp³-hybridized carbons (Fsp3) is 0.316. The topological polar surface area (TPSA) is 37.3 Å². The van der Waals surface area contributed by atoms with E-state index >= 15 is 0 Å². The van der Waals surface area contributed by atoms with Crippen LogP contribution in [0.15, 0.2) is 42.5 Å². The molecular formula is C19H20O2. The molecule has 1 aliphatic carbocycles. The minimum Gasteiger partial charge on any atom is -0.481 e. The highest BCUT2D eigenvalue weighted by molar-refractivity contribution is 5.76. The summed E-state index contributed by atoms with van der Waals surface area (Å²) in [5.41, 5.74) is 6.97. The maximum atomic E-state index is 10.5. The van der Waals surface area contributed by atoms with Gasteiger partial charge in [0.05, 0.1) is 0 Å². The van der Waals surface area contributed by atoms with E-state index in [0.717, 1.165) is 32.1 Å². The number of hydrogen-bond donors (Lipinski definition) is 1. The number of fused-ring (bicyclic) bond motifs is 3. The van der Waals surface area contributed by atoms with E-state index in [1.807, 2.05) is 0 Å². The first kappa shape index (κ1) is 13.9. The Kier molecular flexibility index (Phi) is 4.05. The molecule has 3 rings (SSSR count). The maximum Gasteiger partial charge on any atom is 0.303 e. The van der Waals surface area contributed by atoms with Crippen LogP contribution in [0.1, 0.15) is 42.4 Å². The lowest BCUT2D eigenvalue weighted by molar-refractivity contribution is -0.137. The van der Waals surface area contributed by atoms with Crippen molar-refractivity contribution in [3.63, 3.8) is 0 Å². The van der Waals surface area contributed by atoms with Gasteiger partial charge in [-0.2, -0.15) is 0 Å². The second kappa shape index (κ2) is 6.13. The first-order valence-electron chi connectivity index (χ1n) is 7.66. The Morgan fingerprint density at radius 2 is 1.76 bits per heavy atom. The van der Waals surface area contributed by atoms with Gasteiger partial charge in [0, 0.05) is 6.42 Å². The molecule has 2 nitrogen and oxygen atoms in total. The third kappa shape index (κ3) is 3.15. The predicted molar refractivity (Wildman–Crippen MR) is 84.5 cm³/mol. The molecule has 0 bridgehead atoms. The molecule has 0 atom stereocenters. The van der Waals surface area contributed by atoms with Crippen LogP contribution in [0.3, 0.4) is 0 Å². The monoisotopic (exact) mass is 280 g/mol. The summed E-state index contributed by atoms with van der Waals surface area (Å²) in [6, 6.07) is 15.4. The number of aryl methyl sites for hydroxylation is 1. The minimum absolute atomic E-state index is 0.291. The molecule has 0 saturated carbocycles.